The molecule has 0 saturated heterocycles. The van der Waals surface area contributed by atoms with Crippen LogP contribution < -0.4 is 5.73 Å². The zero-order valence-corrected chi connectivity index (χ0v) is 9.13. The summed E-state index contributed by atoms with van der Waals surface area (Å²) in [5, 5.41) is 0. The van der Waals surface area contributed by atoms with Gasteiger partial charge in [-0.3, -0.25) is 0 Å². The maximum atomic E-state index is 6.08. The number of rotatable bonds is 1. The average molecular weight is 213 g/mol. The first kappa shape index (κ1) is 9.60. The van der Waals surface area contributed by atoms with Gasteiger partial charge in [-0.05, 0) is 12.8 Å². The molecule has 0 radical (unpaired) electrons. The molecule has 0 amide bonds. The molecule has 0 aliphatic carbocycles. The minimum atomic E-state index is 0.152. The summed E-state index contributed by atoms with van der Waals surface area (Å²) in [6.07, 6.45) is 4.14. The predicted octanol–water partition coefficient (Wildman–Crippen LogP) is 2.34. The number of fused-ring (bicyclic) bond motifs is 1. The Labute approximate surface area is 94.9 Å². The summed E-state index contributed by atoms with van der Waals surface area (Å²) in [4.78, 5) is 4.50. The highest BCUT2D eigenvalue weighted by Crippen LogP contribution is 2.28. The van der Waals surface area contributed by atoms with E-state index in [1.165, 1.54) is 11.3 Å². The molecule has 2 heterocycles. The fourth-order valence-corrected chi connectivity index (χ4v) is 2.35. The van der Waals surface area contributed by atoms with Crippen LogP contribution in [-0.2, 0) is 6.54 Å². The zero-order valence-electron chi connectivity index (χ0n) is 9.13. The Balaban J connectivity index is 2.10. The molecule has 0 spiro atoms. The molecule has 0 saturated carbocycles. The van der Waals surface area contributed by atoms with Gasteiger partial charge in [0.2, 0.25) is 0 Å². The van der Waals surface area contributed by atoms with Crippen molar-refractivity contribution in [3.8, 4) is 11.4 Å². The molecule has 2 N–H and O–H groups in total. The van der Waals surface area contributed by atoms with Gasteiger partial charge in [0.05, 0.1) is 11.9 Å². The number of benzene rings is 1. The highest BCUT2D eigenvalue weighted by Gasteiger charge is 2.20. The van der Waals surface area contributed by atoms with E-state index in [1.807, 2.05) is 24.4 Å². The maximum absolute atomic E-state index is 6.08. The molecule has 1 aliphatic heterocycles. The van der Waals surface area contributed by atoms with Crippen LogP contribution in [0.25, 0.3) is 11.4 Å². The summed E-state index contributed by atoms with van der Waals surface area (Å²) in [7, 11) is 0. The van der Waals surface area contributed by atoms with E-state index in [0.717, 1.165) is 25.2 Å². The van der Waals surface area contributed by atoms with Gasteiger partial charge in [0, 0.05) is 18.2 Å². The van der Waals surface area contributed by atoms with Crippen molar-refractivity contribution in [1.82, 2.24) is 9.55 Å². The van der Waals surface area contributed by atoms with E-state index in [0.29, 0.717) is 0 Å². The fraction of sp³-hybridized carbons (Fsp3) is 0.308. The lowest BCUT2D eigenvalue weighted by Crippen LogP contribution is -2.21. The molecule has 1 atom stereocenters. The highest BCUT2D eigenvalue weighted by molar-refractivity contribution is 5.56. The second-order valence-electron chi connectivity index (χ2n) is 4.27. The third kappa shape index (κ3) is 1.44. The smallest absolute Gasteiger partial charge is 0.140 e. The molecule has 16 heavy (non-hydrogen) atoms. The molecule has 3 rings (SSSR count). The van der Waals surface area contributed by atoms with Crippen LogP contribution in [0.2, 0.25) is 0 Å². The lowest BCUT2D eigenvalue weighted by atomic mass is 10.1. The van der Waals surface area contributed by atoms with Crippen LogP contribution in [0.1, 0.15) is 24.6 Å². The van der Waals surface area contributed by atoms with Crippen molar-refractivity contribution in [1.29, 1.82) is 0 Å². The topological polar surface area (TPSA) is 43.8 Å². The van der Waals surface area contributed by atoms with Gasteiger partial charge in [0.25, 0.3) is 0 Å². The van der Waals surface area contributed by atoms with Crippen molar-refractivity contribution in [3.05, 3.63) is 42.2 Å². The lowest BCUT2D eigenvalue weighted by molar-refractivity contribution is 0.466. The predicted molar refractivity (Wildman–Crippen MR) is 63.8 cm³/mol. The summed E-state index contributed by atoms with van der Waals surface area (Å²) >= 11 is 0. The summed E-state index contributed by atoms with van der Waals surface area (Å²) in [5.74, 6) is 1.05. The van der Waals surface area contributed by atoms with Crippen molar-refractivity contribution in [2.24, 2.45) is 5.73 Å². The fourth-order valence-electron chi connectivity index (χ4n) is 2.35. The average Bonchev–Trinajstić information content (AvgIpc) is 2.75. The van der Waals surface area contributed by atoms with Crippen molar-refractivity contribution in [2.45, 2.75) is 25.4 Å². The number of nitrogens with two attached hydrogens (primary N) is 1. The van der Waals surface area contributed by atoms with Gasteiger partial charge in [-0.25, -0.2) is 4.98 Å². The van der Waals surface area contributed by atoms with Crippen molar-refractivity contribution in [3.63, 3.8) is 0 Å². The highest BCUT2D eigenvalue weighted by atomic mass is 15.1. The first-order chi connectivity index (χ1) is 7.86. The Morgan fingerprint density at radius 3 is 2.88 bits per heavy atom. The van der Waals surface area contributed by atoms with Gasteiger partial charge < -0.3 is 10.3 Å². The SMILES string of the molecule is NC1CCCn2c1cnc2-c1ccccc1. The molecule has 0 fully saturated rings. The van der Waals surface area contributed by atoms with E-state index in [9.17, 15) is 0 Å². The van der Waals surface area contributed by atoms with Crippen LogP contribution in [0.3, 0.4) is 0 Å². The summed E-state index contributed by atoms with van der Waals surface area (Å²) in [6.45, 7) is 1.03. The van der Waals surface area contributed by atoms with Crippen molar-refractivity contribution < 1.29 is 0 Å². The first-order valence-electron chi connectivity index (χ1n) is 5.72. The van der Waals surface area contributed by atoms with Crippen LogP contribution >= 0.6 is 0 Å². The van der Waals surface area contributed by atoms with Gasteiger partial charge in [-0.1, -0.05) is 30.3 Å². The Bertz CT molecular complexity index is 487. The van der Waals surface area contributed by atoms with Gasteiger partial charge in [0.15, 0.2) is 0 Å². The molecular formula is C13H15N3. The Hall–Kier alpha value is -1.61. The van der Waals surface area contributed by atoms with Crippen molar-refractivity contribution in [2.75, 3.05) is 0 Å². The van der Waals surface area contributed by atoms with Gasteiger partial charge >= 0.3 is 0 Å². The molecule has 1 aromatic carbocycles. The lowest BCUT2D eigenvalue weighted by Gasteiger charge is -2.22. The number of hydrogen-bond acceptors (Lipinski definition) is 2. The van der Waals surface area contributed by atoms with Gasteiger partial charge in [-0.15, -0.1) is 0 Å². The van der Waals surface area contributed by atoms with Crippen LogP contribution in [-0.4, -0.2) is 9.55 Å². The summed E-state index contributed by atoms with van der Waals surface area (Å²) < 4.78 is 2.25. The maximum Gasteiger partial charge on any atom is 0.140 e. The second-order valence-corrected chi connectivity index (χ2v) is 4.27. The molecule has 2 aromatic rings. The van der Waals surface area contributed by atoms with E-state index >= 15 is 0 Å². The second kappa shape index (κ2) is 3.76. The van der Waals surface area contributed by atoms with E-state index in [1.54, 1.807) is 0 Å². The largest absolute Gasteiger partial charge is 0.327 e. The quantitative estimate of drug-likeness (QED) is 0.790. The Morgan fingerprint density at radius 2 is 2.06 bits per heavy atom. The third-order valence-corrected chi connectivity index (χ3v) is 3.20. The molecule has 1 aromatic heterocycles. The van der Waals surface area contributed by atoms with E-state index < -0.39 is 0 Å². The summed E-state index contributed by atoms with van der Waals surface area (Å²) in [6, 6.07) is 10.4. The van der Waals surface area contributed by atoms with E-state index in [-0.39, 0.29) is 6.04 Å². The Kier molecular flexibility index (Phi) is 2.26. The van der Waals surface area contributed by atoms with Crippen LogP contribution in [0.5, 0.6) is 0 Å². The number of hydrogen-bond donors (Lipinski definition) is 1. The number of imidazole rings is 1. The Morgan fingerprint density at radius 1 is 1.25 bits per heavy atom. The van der Waals surface area contributed by atoms with E-state index in [4.69, 9.17) is 5.73 Å². The third-order valence-electron chi connectivity index (χ3n) is 3.20. The molecule has 0 bridgehead atoms. The monoisotopic (exact) mass is 213 g/mol. The molecule has 1 unspecified atom stereocenters. The zero-order chi connectivity index (χ0) is 11.0. The minimum Gasteiger partial charge on any atom is -0.327 e. The van der Waals surface area contributed by atoms with Gasteiger partial charge in [0.1, 0.15) is 5.82 Å². The van der Waals surface area contributed by atoms with Crippen LogP contribution in [0.15, 0.2) is 36.5 Å². The summed E-state index contributed by atoms with van der Waals surface area (Å²) in [5.41, 5.74) is 8.42. The van der Waals surface area contributed by atoms with Crippen LogP contribution in [0.4, 0.5) is 0 Å². The molecule has 3 nitrogen and oxygen atoms in total. The molecule has 82 valence electrons. The first-order valence-corrected chi connectivity index (χ1v) is 5.72. The molecule has 3 heteroatoms. The normalized spacial score (nSPS) is 19.4. The van der Waals surface area contributed by atoms with E-state index in [2.05, 4.69) is 21.7 Å². The number of aromatic nitrogens is 2. The number of nitrogens with zero attached hydrogens (tertiary/aromatic N) is 2. The minimum absolute atomic E-state index is 0.152. The molecular weight excluding hydrogens is 198 g/mol. The van der Waals surface area contributed by atoms with Gasteiger partial charge in [-0.2, -0.15) is 0 Å². The molecule has 1 aliphatic rings. The standard InChI is InChI=1S/C13H15N3/c14-11-7-4-8-16-12(11)9-15-13(16)10-5-2-1-3-6-10/h1-3,5-6,9,11H,4,7-8,14H2. The van der Waals surface area contributed by atoms with Crippen LogP contribution in [0, 0.1) is 0 Å². The van der Waals surface area contributed by atoms with Crippen molar-refractivity contribution >= 4 is 0 Å².